The van der Waals surface area contributed by atoms with Gasteiger partial charge < -0.3 is 10.6 Å². The molecule has 0 aliphatic heterocycles. The van der Waals surface area contributed by atoms with E-state index in [1.165, 1.54) is 16.7 Å². The molecule has 7 nitrogen and oxygen atoms in total. The van der Waals surface area contributed by atoms with Crippen molar-refractivity contribution in [2.24, 2.45) is 0 Å². The molecule has 0 radical (unpaired) electrons. The molecule has 1 aromatic heterocycles. The van der Waals surface area contributed by atoms with Crippen molar-refractivity contribution in [2.75, 3.05) is 11.1 Å². The highest BCUT2D eigenvalue weighted by molar-refractivity contribution is 7.99. The number of hydrogen-bond donors (Lipinski definition) is 2. The lowest BCUT2D eigenvalue weighted by Gasteiger charge is -2.14. The number of anilines is 1. The van der Waals surface area contributed by atoms with Gasteiger partial charge in [0.05, 0.1) is 39.8 Å². The molecule has 0 aliphatic rings. The fourth-order valence-corrected chi connectivity index (χ4v) is 4.78. The van der Waals surface area contributed by atoms with Crippen molar-refractivity contribution in [3.8, 4) is 5.69 Å². The number of amides is 2. The average Bonchev–Trinajstić information content (AvgIpc) is 3.35. The van der Waals surface area contributed by atoms with Crippen LogP contribution >= 0.6 is 23.4 Å². The van der Waals surface area contributed by atoms with Crippen molar-refractivity contribution < 1.29 is 35.9 Å². The molecule has 2 amide bonds. The van der Waals surface area contributed by atoms with Crippen molar-refractivity contribution in [3.05, 3.63) is 99.3 Å². The number of halogens is 7. The predicted molar refractivity (Wildman–Crippen MR) is 149 cm³/mol. The summed E-state index contributed by atoms with van der Waals surface area (Å²) in [4.78, 5) is 25.4. The summed E-state index contributed by atoms with van der Waals surface area (Å²) in [5.74, 6) is -1.54. The maximum atomic E-state index is 13.5. The van der Waals surface area contributed by atoms with Crippen LogP contribution in [0.3, 0.4) is 0 Å². The second kappa shape index (κ2) is 12.7. The van der Waals surface area contributed by atoms with Gasteiger partial charge in [0.25, 0.3) is 5.91 Å². The van der Waals surface area contributed by atoms with Crippen LogP contribution in [0.5, 0.6) is 0 Å². The van der Waals surface area contributed by atoms with Gasteiger partial charge in [0.15, 0.2) is 11.0 Å². The Morgan fingerprint density at radius 2 is 1.58 bits per heavy atom. The summed E-state index contributed by atoms with van der Waals surface area (Å²) < 4.78 is 80.9. The van der Waals surface area contributed by atoms with Crippen LogP contribution in [0.2, 0.25) is 5.02 Å². The van der Waals surface area contributed by atoms with Crippen LogP contribution in [0.15, 0.2) is 65.8 Å². The lowest BCUT2D eigenvalue weighted by atomic mass is 10.1. The van der Waals surface area contributed by atoms with E-state index < -0.39 is 41.0 Å². The second-order valence-electron chi connectivity index (χ2n) is 9.29. The van der Waals surface area contributed by atoms with Gasteiger partial charge in [-0.05, 0) is 73.5 Å². The predicted octanol–water partition coefficient (Wildman–Crippen LogP) is 7.24. The van der Waals surface area contributed by atoms with Gasteiger partial charge in [0.2, 0.25) is 5.91 Å². The van der Waals surface area contributed by atoms with Crippen LogP contribution in [0.25, 0.3) is 5.69 Å². The maximum absolute atomic E-state index is 13.5. The molecule has 43 heavy (non-hydrogen) atoms. The number of rotatable bonds is 8. The van der Waals surface area contributed by atoms with E-state index in [2.05, 4.69) is 20.8 Å². The van der Waals surface area contributed by atoms with E-state index in [4.69, 9.17) is 11.6 Å². The zero-order valence-electron chi connectivity index (χ0n) is 22.4. The van der Waals surface area contributed by atoms with Crippen LogP contribution in [-0.2, 0) is 23.7 Å². The van der Waals surface area contributed by atoms with Crippen LogP contribution in [0.4, 0.5) is 32.0 Å². The quantitative estimate of drug-likeness (QED) is 0.157. The minimum Gasteiger partial charge on any atom is -0.345 e. The third kappa shape index (κ3) is 7.87. The summed E-state index contributed by atoms with van der Waals surface area (Å²) in [5.41, 5.74) is 0.0291. The van der Waals surface area contributed by atoms with Crippen molar-refractivity contribution in [2.45, 2.75) is 37.9 Å². The number of nitrogens with zero attached hydrogens (tertiary/aromatic N) is 3. The number of carbonyl (C=O) groups is 2. The first kappa shape index (κ1) is 31.9. The van der Waals surface area contributed by atoms with Gasteiger partial charge in [0.1, 0.15) is 0 Å². The molecule has 4 aromatic rings. The molecule has 0 fully saturated rings. The Morgan fingerprint density at radius 3 is 2.26 bits per heavy atom. The molecule has 0 bridgehead atoms. The number of alkyl halides is 6. The molecule has 226 valence electrons. The molecule has 4 rings (SSSR count). The van der Waals surface area contributed by atoms with E-state index >= 15 is 0 Å². The van der Waals surface area contributed by atoms with Gasteiger partial charge in [-0.2, -0.15) is 26.3 Å². The van der Waals surface area contributed by atoms with Crippen LogP contribution in [0, 0.1) is 13.8 Å². The van der Waals surface area contributed by atoms with Crippen molar-refractivity contribution in [1.29, 1.82) is 0 Å². The van der Waals surface area contributed by atoms with Crippen LogP contribution in [0.1, 0.15) is 38.4 Å². The number of hydrogen-bond acceptors (Lipinski definition) is 5. The van der Waals surface area contributed by atoms with Crippen molar-refractivity contribution in [1.82, 2.24) is 20.1 Å². The molecule has 0 unspecified atom stereocenters. The largest absolute Gasteiger partial charge is 0.416 e. The van der Waals surface area contributed by atoms with E-state index in [-0.39, 0.29) is 33.9 Å². The number of aryl methyl sites for hydroxylation is 2. The van der Waals surface area contributed by atoms with Gasteiger partial charge in [-0.3, -0.25) is 14.2 Å². The molecule has 2 N–H and O–H groups in total. The first-order valence-electron chi connectivity index (χ1n) is 12.4. The number of nitrogens with one attached hydrogen (secondary N) is 2. The first-order chi connectivity index (χ1) is 20.1. The Hall–Kier alpha value is -4.04. The number of carbonyl (C=O) groups excluding carboxylic acids is 2. The highest BCUT2D eigenvalue weighted by Crippen LogP contribution is 2.34. The highest BCUT2D eigenvalue weighted by Gasteiger charge is 2.32. The standard InChI is InChI=1S/C28H22ClF6N5O2S/c1-15-6-7-17(10-16(15)2)25(42)36-13-23-38-39-26(40(23)20-5-3-4-18(11-20)27(30,31)32)43-14-24(41)37-22-12-19(28(33,34)35)8-9-21(22)29/h3-12H,13-14H2,1-2H3,(H,36,42)(H,37,41). The summed E-state index contributed by atoms with van der Waals surface area (Å²) in [5, 5.41) is 12.9. The Kier molecular flexibility index (Phi) is 9.40. The highest BCUT2D eigenvalue weighted by atomic mass is 35.5. The Morgan fingerprint density at radius 1 is 0.884 bits per heavy atom. The molecule has 0 saturated heterocycles. The Bertz CT molecular complexity index is 1670. The van der Waals surface area contributed by atoms with Crippen molar-refractivity contribution in [3.63, 3.8) is 0 Å². The first-order valence-corrected chi connectivity index (χ1v) is 13.8. The lowest BCUT2D eigenvalue weighted by Crippen LogP contribution is -2.25. The summed E-state index contributed by atoms with van der Waals surface area (Å²) >= 11 is 6.72. The zero-order valence-corrected chi connectivity index (χ0v) is 24.0. The SMILES string of the molecule is Cc1ccc(C(=O)NCc2nnc(SCC(=O)Nc3cc(C(F)(F)F)ccc3Cl)n2-c2cccc(C(F)(F)F)c2)cc1C. The van der Waals surface area contributed by atoms with Gasteiger partial charge in [-0.15, -0.1) is 10.2 Å². The van der Waals surface area contributed by atoms with E-state index in [9.17, 15) is 35.9 Å². The molecule has 15 heteroatoms. The molecular weight excluding hydrogens is 620 g/mol. The maximum Gasteiger partial charge on any atom is 0.416 e. The fourth-order valence-electron chi connectivity index (χ4n) is 3.85. The fraction of sp³-hybridized carbons (Fsp3) is 0.214. The minimum atomic E-state index is -4.66. The molecule has 0 saturated carbocycles. The van der Waals surface area contributed by atoms with Gasteiger partial charge >= 0.3 is 12.4 Å². The molecule has 0 aliphatic carbocycles. The molecule has 3 aromatic carbocycles. The van der Waals surface area contributed by atoms with E-state index in [0.29, 0.717) is 11.6 Å². The van der Waals surface area contributed by atoms with Crippen molar-refractivity contribution >= 4 is 40.9 Å². The zero-order chi connectivity index (χ0) is 31.5. The summed E-state index contributed by atoms with van der Waals surface area (Å²) in [6.45, 7) is 3.51. The van der Waals surface area contributed by atoms with Crippen LogP contribution < -0.4 is 10.6 Å². The summed E-state index contributed by atoms with van der Waals surface area (Å²) in [7, 11) is 0. The van der Waals surface area contributed by atoms with E-state index in [1.807, 2.05) is 13.8 Å². The lowest BCUT2D eigenvalue weighted by molar-refractivity contribution is -0.138. The summed E-state index contributed by atoms with van der Waals surface area (Å²) in [6, 6.07) is 11.9. The topological polar surface area (TPSA) is 88.9 Å². The number of aromatic nitrogens is 3. The summed E-state index contributed by atoms with van der Waals surface area (Å²) in [6.07, 6.45) is -9.32. The number of thioether (sulfide) groups is 1. The normalized spacial score (nSPS) is 11.8. The second-order valence-corrected chi connectivity index (χ2v) is 10.6. The third-order valence-corrected chi connectivity index (χ3v) is 7.47. The Balaban J connectivity index is 1.58. The third-order valence-electron chi connectivity index (χ3n) is 6.21. The van der Waals surface area contributed by atoms with Gasteiger partial charge in [0, 0.05) is 5.56 Å². The smallest absolute Gasteiger partial charge is 0.345 e. The Labute approximate surface area is 250 Å². The average molecular weight is 642 g/mol. The van der Waals surface area contributed by atoms with E-state index in [1.54, 1.807) is 18.2 Å². The molecular formula is C28H22ClF6N5O2S. The minimum absolute atomic E-state index is 0.0000398. The molecule has 0 atom stereocenters. The molecule has 0 spiro atoms. The van der Waals surface area contributed by atoms with E-state index in [0.717, 1.165) is 47.2 Å². The molecule has 1 heterocycles. The number of benzene rings is 3. The van der Waals surface area contributed by atoms with Gasteiger partial charge in [-0.25, -0.2) is 0 Å². The monoisotopic (exact) mass is 641 g/mol. The van der Waals surface area contributed by atoms with Gasteiger partial charge in [-0.1, -0.05) is 35.5 Å². The van der Waals surface area contributed by atoms with Crippen LogP contribution in [-0.4, -0.2) is 32.3 Å².